The van der Waals surface area contributed by atoms with E-state index in [0.29, 0.717) is 15.4 Å². The Morgan fingerprint density at radius 1 is 0.658 bits per heavy atom. The molecule has 0 unspecified atom stereocenters. The second kappa shape index (κ2) is 9.54. The van der Waals surface area contributed by atoms with Crippen LogP contribution in [0.5, 0.6) is 0 Å². The van der Waals surface area contributed by atoms with Crippen LogP contribution in [0.1, 0.15) is 29.5 Å². The summed E-state index contributed by atoms with van der Waals surface area (Å²) in [6, 6.07) is 15.9. The van der Waals surface area contributed by atoms with Gasteiger partial charge in [-0.05, 0) is 70.0 Å². The average molecular weight is 580 g/mol. The maximum absolute atomic E-state index is 14.3. The zero-order valence-electron chi connectivity index (χ0n) is 21.1. The fourth-order valence-electron chi connectivity index (χ4n) is 4.69. The number of sulfone groups is 2. The number of sulfonamides is 1. The van der Waals surface area contributed by atoms with Crippen LogP contribution in [-0.4, -0.2) is 56.3 Å². The molecule has 0 bridgehead atoms. The summed E-state index contributed by atoms with van der Waals surface area (Å²) in [6.45, 7) is 4.68. The summed E-state index contributed by atoms with van der Waals surface area (Å²) in [6.07, 6.45) is -0.811. The first-order valence-corrected chi connectivity index (χ1v) is 16.2. The van der Waals surface area contributed by atoms with E-state index in [-0.39, 0.29) is 11.3 Å². The first-order chi connectivity index (χ1) is 17.6. The molecule has 1 aliphatic heterocycles. The fourth-order valence-corrected chi connectivity index (χ4v) is 11.2. The minimum Gasteiger partial charge on any atom is -0.351 e. The van der Waals surface area contributed by atoms with Gasteiger partial charge in [0.05, 0.1) is 14.7 Å². The van der Waals surface area contributed by atoms with Crippen molar-refractivity contribution >= 4 is 29.7 Å². The topological polar surface area (TPSA) is 146 Å². The molecule has 0 saturated carbocycles. The van der Waals surface area contributed by atoms with Crippen LogP contribution in [0.15, 0.2) is 87.5 Å². The van der Waals surface area contributed by atoms with Gasteiger partial charge in [0.1, 0.15) is 0 Å². The van der Waals surface area contributed by atoms with Crippen LogP contribution in [0, 0.1) is 20.8 Å². The number of aliphatic hydroxyl groups is 2. The van der Waals surface area contributed by atoms with Crippen LogP contribution in [0.2, 0.25) is 0 Å². The smallest absolute Gasteiger partial charge is 0.308 e. The fraction of sp³-hybridized carbons (Fsp3) is 0.308. The summed E-state index contributed by atoms with van der Waals surface area (Å²) in [5.41, 5.74) is 2.11. The van der Waals surface area contributed by atoms with Gasteiger partial charge >= 0.3 is 5.12 Å². The van der Waals surface area contributed by atoms with E-state index in [1.807, 2.05) is 0 Å². The second-order valence-corrected chi connectivity index (χ2v) is 15.6. The normalized spacial score (nSPS) is 19.5. The summed E-state index contributed by atoms with van der Waals surface area (Å²) >= 11 is 0. The first kappa shape index (κ1) is 28.4. The SMILES string of the molecule is Cc1ccc(S(=O)(=O)N2CCC[C@]2(C(O)(O)S(=O)(=O)c2ccc(C)cc2)S(=O)(=O)c2ccc(C)cc2)cc1. The predicted octanol–water partition coefficient (Wildman–Crippen LogP) is 2.68. The lowest BCUT2D eigenvalue weighted by Crippen LogP contribution is -2.69. The van der Waals surface area contributed by atoms with Gasteiger partial charge in [-0.15, -0.1) is 0 Å². The monoisotopic (exact) mass is 579 g/mol. The van der Waals surface area contributed by atoms with Crippen molar-refractivity contribution in [1.82, 2.24) is 4.31 Å². The van der Waals surface area contributed by atoms with E-state index in [9.17, 15) is 35.5 Å². The number of rotatable bonds is 7. The standard InChI is InChI=1S/C26H29NO8S3/c1-19-5-11-22(12-6-19)36(30,31)25(26(28,29)37(32,33)23-13-7-20(2)8-14-23)17-4-18-27(25)38(34,35)24-15-9-21(3)10-16-24/h5-16,28-29H,4,17-18H2,1-3H3/t25-/m1/s1. The first-order valence-electron chi connectivity index (χ1n) is 11.8. The average Bonchev–Trinajstić information content (AvgIpc) is 3.33. The van der Waals surface area contributed by atoms with Gasteiger partial charge in [0, 0.05) is 6.54 Å². The van der Waals surface area contributed by atoms with Crippen molar-refractivity contribution in [3.05, 3.63) is 89.5 Å². The van der Waals surface area contributed by atoms with Crippen molar-refractivity contribution in [3.8, 4) is 0 Å². The van der Waals surface area contributed by atoms with Crippen LogP contribution in [0.3, 0.4) is 0 Å². The zero-order valence-corrected chi connectivity index (χ0v) is 23.5. The highest BCUT2D eigenvalue weighted by atomic mass is 32.2. The van der Waals surface area contributed by atoms with Gasteiger partial charge in [-0.1, -0.05) is 53.1 Å². The largest absolute Gasteiger partial charge is 0.351 e. The molecule has 1 atom stereocenters. The highest BCUT2D eigenvalue weighted by Gasteiger charge is 2.73. The molecule has 0 aliphatic carbocycles. The molecule has 1 aliphatic rings. The lowest BCUT2D eigenvalue weighted by molar-refractivity contribution is -0.135. The third kappa shape index (κ3) is 4.19. The summed E-state index contributed by atoms with van der Waals surface area (Å²) in [7, 11) is -15.0. The predicted molar refractivity (Wildman–Crippen MR) is 141 cm³/mol. The number of hydrogen-bond donors (Lipinski definition) is 2. The quantitative estimate of drug-likeness (QED) is 0.406. The minimum atomic E-state index is -5.25. The van der Waals surface area contributed by atoms with Gasteiger partial charge in [0.2, 0.25) is 34.6 Å². The Morgan fingerprint density at radius 2 is 1.05 bits per heavy atom. The molecule has 12 heteroatoms. The number of benzene rings is 3. The van der Waals surface area contributed by atoms with Crippen LogP contribution < -0.4 is 0 Å². The Kier molecular flexibility index (Phi) is 7.13. The molecule has 1 saturated heterocycles. The number of hydrogen-bond acceptors (Lipinski definition) is 8. The molecule has 1 heterocycles. The molecular formula is C26H29NO8S3. The van der Waals surface area contributed by atoms with Crippen molar-refractivity contribution in [2.75, 3.05) is 6.54 Å². The van der Waals surface area contributed by atoms with E-state index < -0.39 is 62.4 Å². The molecule has 1 fully saturated rings. The molecular weight excluding hydrogens is 550 g/mol. The van der Waals surface area contributed by atoms with E-state index in [2.05, 4.69) is 0 Å². The summed E-state index contributed by atoms with van der Waals surface area (Å²) < 4.78 is 84.3. The Balaban J connectivity index is 2.05. The van der Waals surface area contributed by atoms with Crippen molar-refractivity contribution < 1.29 is 35.5 Å². The molecule has 0 aromatic heterocycles. The molecule has 0 spiro atoms. The number of aryl methyl sites for hydroxylation is 3. The Morgan fingerprint density at radius 3 is 1.50 bits per heavy atom. The van der Waals surface area contributed by atoms with Gasteiger partial charge < -0.3 is 10.2 Å². The lowest BCUT2D eigenvalue weighted by Gasteiger charge is -2.44. The maximum atomic E-state index is 14.3. The van der Waals surface area contributed by atoms with E-state index in [1.54, 1.807) is 20.8 Å². The number of nitrogens with zero attached hydrogens (tertiary/aromatic N) is 1. The minimum absolute atomic E-state index is 0.136. The Bertz CT molecular complexity index is 1660. The molecule has 38 heavy (non-hydrogen) atoms. The molecule has 3 aromatic rings. The molecule has 0 radical (unpaired) electrons. The Labute approximate surface area is 223 Å². The van der Waals surface area contributed by atoms with Crippen molar-refractivity contribution in [3.63, 3.8) is 0 Å². The van der Waals surface area contributed by atoms with Gasteiger partial charge in [-0.2, -0.15) is 4.31 Å². The van der Waals surface area contributed by atoms with Gasteiger partial charge in [0.25, 0.3) is 0 Å². The van der Waals surface area contributed by atoms with E-state index in [1.165, 1.54) is 60.7 Å². The van der Waals surface area contributed by atoms with Crippen LogP contribution >= 0.6 is 0 Å². The van der Waals surface area contributed by atoms with E-state index in [4.69, 9.17) is 0 Å². The van der Waals surface area contributed by atoms with Gasteiger partial charge in [0.15, 0.2) is 0 Å². The van der Waals surface area contributed by atoms with Crippen molar-refractivity contribution in [2.24, 2.45) is 0 Å². The van der Waals surface area contributed by atoms with Gasteiger partial charge in [-0.25, -0.2) is 25.3 Å². The van der Waals surface area contributed by atoms with Crippen molar-refractivity contribution in [1.29, 1.82) is 0 Å². The van der Waals surface area contributed by atoms with Crippen LogP contribution in [-0.2, 0) is 29.7 Å². The van der Waals surface area contributed by atoms with Crippen molar-refractivity contribution in [2.45, 2.75) is 58.3 Å². The summed E-state index contributed by atoms with van der Waals surface area (Å²) in [5.74, 6) is 0. The summed E-state index contributed by atoms with van der Waals surface area (Å²) in [4.78, 5) is -4.51. The molecule has 3 aromatic carbocycles. The highest BCUT2D eigenvalue weighted by molar-refractivity contribution is 7.98. The third-order valence-corrected chi connectivity index (χ3v) is 13.5. The molecule has 0 amide bonds. The van der Waals surface area contributed by atoms with Gasteiger partial charge in [-0.3, -0.25) is 0 Å². The van der Waals surface area contributed by atoms with Crippen LogP contribution in [0.25, 0.3) is 0 Å². The maximum Gasteiger partial charge on any atom is 0.308 e. The third-order valence-electron chi connectivity index (χ3n) is 6.88. The lowest BCUT2D eigenvalue weighted by atomic mass is 10.2. The molecule has 4 rings (SSSR count). The molecule has 204 valence electrons. The van der Waals surface area contributed by atoms with Crippen LogP contribution in [0.4, 0.5) is 0 Å². The van der Waals surface area contributed by atoms with E-state index >= 15 is 0 Å². The summed E-state index contributed by atoms with van der Waals surface area (Å²) in [5, 5.41) is 19.1. The van der Waals surface area contributed by atoms with E-state index in [0.717, 1.165) is 17.7 Å². The molecule has 9 nitrogen and oxygen atoms in total. The molecule has 2 N–H and O–H groups in total. The Hall–Kier alpha value is -2.61. The highest BCUT2D eigenvalue weighted by Crippen LogP contribution is 2.50. The zero-order chi connectivity index (χ0) is 28.1. The second-order valence-electron chi connectivity index (χ2n) is 9.52.